The Morgan fingerprint density at radius 2 is 1.89 bits per heavy atom. The first-order chi connectivity index (χ1) is 8.82. The van der Waals surface area contributed by atoms with Gasteiger partial charge in [0.15, 0.2) is 0 Å². The first-order valence-corrected chi connectivity index (χ1v) is 7.21. The van der Waals surface area contributed by atoms with E-state index in [4.69, 9.17) is 0 Å². The molecule has 1 atom stereocenters. The quantitative estimate of drug-likeness (QED) is 0.855. The van der Waals surface area contributed by atoms with Gasteiger partial charge in [-0.25, -0.2) is 0 Å². The second-order valence-corrected chi connectivity index (χ2v) is 6.09. The van der Waals surface area contributed by atoms with Crippen molar-refractivity contribution in [2.75, 3.05) is 6.61 Å². The van der Waals surface area contributed by atoms with Crippen molar-refractivity contribution in [3.63, 3.8) is 0 Å². The Labute approximate surface area is 109 Å². The average Bonchev–Trinajstić information content (AvgIpc) is 3.12. The number of aliphatic hydroxyl groups is 1. The van der Waals surface area contributed by atoms with E-state index in [1.165, 1.54) is 37.7 Å². The summed E-state index contributed by atoms with van der Waals surface area (Å²) in [6.07, 6.45) is 6.46. The standard InChI is InChI=1S/C16H23NO/c18-12-14-10-16(14)8-6-15(7-9-16)17-11-13-4-2-1-3-5-13/h1-5,14-15,17-18H,6-12H2. The maximum atomic E-state index is 9.23. The van der Waals surface area contributed by atoms with E-state index in [0.717, 1.165) is 6.54 Å². The highest BCUT2D eigenvalue weighted by molar-refractivity contribution is 5.14. The van der Waals surface area contributed by atoms with E-state index >= 15 is 0 Å². The van der Waals surface area contributed by atoms with Gasteiger partial charge in [-0.15, -0.1) is 0 Å². The third kappa shape index (κ3) is 2.45. The highest BCUT2D eigenvalue weighted by atomic mass is 16.3. The summed E-state index contributed by atoms with van der Waals surface area (Å²) >= 11 is 0. The molecule has 2 aliphatic rings. The molecule has 98 valence electrons. The third-order valence-corrected chi connectivity index (χ3v) is 5.00. The molecule has 2 heteroatoms. The molecule has 3 rings (SSSR count). The van der Waals surface area contributed by atoms with Gasteiger partial charge in [-0.05, 0) is 49.0 Å². The smallest absolute Gasteiger partial charge is 0.0464 e. The minimum absolute atomic E-state index is 0.405. The monoisotopic (exact) mass is 245 g/mol. The summed E-state index contributed by atoms with van der Waals surface area (Å²) < 4.78 is 0. The van der Waals surface area contributed by atoms with E-state index in [2.05, 4.69) is 35.6 Å². The van der Waals surface area contributed by atoms with Crippen molar-refractivity contribution >= 4 is 0 Å². The second-order valence-electron chi connectivity index (χ2n) is 6.09. The fraction of sp³-hybridized carbons (Fsp3) is 0.625. The first kappa shape index (κ1) is 12.2. The molecule has 2 fully saturated rings. The number of hydrogen-bond acceptors (Lipinski definition) is 2. The van der Waals surface area contributed by atoms with Crippen molar-refractivity contribution in [2.24, 2.45) is 11.3 Å². The number of rotatable bonds is 4. The Bertz CT molecular complexity index is 381. The van der Waals surface area contributed by atoms with Crippen molar-refractivity contribution < 1.29 is 5.11 Å². The molecule has 1 spiro atoms. The Morgan fingerprint density at radius 1 is 1.17 bits per heavy atom. The molecule has 0 bridgehead atoms. The van der Waals surface area contributed by atoms with Gasteiger partial charge in [0.2, 0.25) is 0 Å². The summed E-state index contributed by atoms with van der Waals surface area (Å²) in [6, 6.07) is 11.3. The summed E-state index contributed by atoms with van der Waals surface area (Å²) in [5.41, 5.74) is 1.91. The summed E-state index contributed by atoms with van der Waals surface area (Å²) in [6.45, 7) is 1.39. The highest BCUT2D eigenvalue weighted by Crippen LogP contribution is 2.60. The molecule has 0 aromatic heterocycles. The lowest BCUT2D eigenvalue weighted by Crippen LogP contribution is -2.33. The lowest BCUT2D eigenvalue weighted by Gasteiger charge is -2.30. The van der Waals surface area contributed by atoms with Crippen LogP contribution >= 0.6 is 0 Å². The minimum Gasteiger partial charge on any atom is -0.396 e. The molecule has 1 unspecified atom stereocenters. The molecule has 1 aromatic rings. The molecule has 2 nitrogen and oxygen atoms in total. The van der Waals surface area contributed by atoms with Gasteiger partial charge < -0.3 is 10.4 Å². The Hall–Kier alpha value is -0.860. The van der Waals surface area contributed by atoms with Crippen LogP contribution in [0.3, 0.4) is 0 Å². The van der Waals surface area contributed by atoms with Gasteiger partial charge in [-0.1, -0.05) is 30.3 Å². The van der Waals surface area contributed by atoms with Gasteiger partial charge in [0.25, 0.3) is 0 Å². The molecule has 1 aromatic carbocycles. The van der Waals surface area contributed by atoms with Crippen molar-refractivity contribution in [2.45, 2.75) is 44.7 Å². The summed E-state index contributed by atoms with van der Waals surface area (Å²) in [4.78, 5) is 0. The summed E-state index contributed by atoms with van der Waals surface area (Å²) in [7, 11) is 0. The zero-order valence-corrected chi connectivity index (χ0v) is 10.9. The van der Waals surface area contributed by atoms with Crippen molar-refractivity contribution in [1.82, 2.24) is 5.32 Å². The van der Waals surface area contributed by atoms with E-state index in [1.807, 2.05) is 0 Å². The average molecular weight is 245 g/mol. The lowest BCUT2D eigenvalue weighted by atomic mass is 9.82. The number of hydrogen-bond donors (Lipinski definition) is 2. The van der Waals surface area contributed by atoms with E-state index in [9.17, 15) is 5.11 Å². The number of aliphatic hydroxyl groups excluding tert-OH is 1. The van der Waals surface area contributed by atoms with Crippen LogP contribution in [0.4, 0.5) is 0 Å². The van der Waals surface area contributed by atoms with E-state index in [-0.39, 0.29) is 0 Å². The predicted octanol–water partition coefficient (Wildman–Crippen LogP) is 2.72. The third-order valence-electron chi connectivity index (χ3n) is 5.00. The Kier molecular flexibility index (Phi) is 3.40. The molecule has 0 amide bonds. The van der Waals surface area contributed by atoms with Gasteiger partial charge >= 0.3 is 0 Å². The fourth-order valence-electron chi connectivity index (χ4n) is 3.56. The second kappa shape index (κ2) is 5.02. The van der Waals surface area contributed by atoms with E-state index < -0.39 is 0 Å². The summed E-state index contributed by atoms with van der Waals surface area (Å²) in [5.74, 6) is 0.618. The zero-order valence-electron chi connectivity index (χ0n) is 10.9. The van der Waals surface area contributed by atoms with Gasteiger partial charge in [0, 0.05) is 19.2 Å². The molecule has 0 aliphatic heterocycles. The molecular formula is C16H23NO. The number of nitrogens with one attached hydrogen (secondary N) is 1. The maximum absolute atomic E-state index is 9.23. The molecule has 0 heterocycles. The molecule has 0 saturated heterocycles. The van der Waals surface area contributed by atoms with Gasteiger partial charge in [-0.2, -0.15) is 0 Å². The predicted molar refractivity (Wildman–Crippen MR) is 73.2 cm³/mol. The largest absolute Gasteiger partial charge is 0.396 e. The van der Waals surface area contributed by atoms with Crippen LogP contribution in [0, 0.1) is 11.3 Å². The van der Waals surface area contributed by atoms with Crippen LogP contribution in [0.25, 0.3) is 0 Å². The molecule has 2 N–H and O–H groups in total. The summed E-state index contributed by atoms with van der Waals surface area (Å²) in [5, 5.41) is 12.9. The normalized spacial score (nSPS) is 34.7. The molecular weight excluding hydrogens is 222 g/mol. The van der Waals surface area contributed by atoms with Crippen LogP contribution in [0.2, 0.25) is 0 Å². The van der Waals surface area contributed by atoms with Gasteiger partial charge in [-0.3, -0.25) is 0 Å². The van der Waals surface area contributed by atoms with Crippen LogP contribution < -0.4 is 5.32 Å². The van der Waals surface area contributed by atoms with Crippen molar-refractivity contribution in [3.8, 4) is 0 Å². The van der Waals surface area contributed by atoms with Gasteiger partial charge in [0.05, 0.1) is 0 Å². The lowest BCUT2D eigenvalue weighted by molar-refractivity contribution is 0.204. The molecule has 2 saturated carbocycles. The van der Waals surface area contributed by atoms with Crippen molar-refractivity contribution in [1.29, 1.82) is 0 Å². The van der Waals surface area contributed by atoms with Crippen LogP contribution in [-0.4, -0.2) is 17.8 Å². The zero-order chi connectivity index (χ0) is 12.4. The minimum atomic E-state index is 0.405. The first-order valence-electron chi connectivity index (χ1n) is 7.21. The van der Waals surface area contributed by atoms with Crippen LogP contribution in [0.5, 0.6) is 0 Å². The molecule has 0 radical (unpaired) electrons. The SMILES string of the molecule is OCC1CC12CCC(NCc1ccccc1)CC2. The van der Waals surface area contributed by atoms with Crippen molar-refractivity contribution in [3.05, 3.63) is 35.9 Å². The Morgan fingerprint density at radius 3 is 2.50 bits per heavy atom. The van der Waals surface area contributed by atoms with Gasteiger partial charge in [0.1, 0.15) is 0 Å². The van der Waals surface area contributed by atoms with Crippen LogP contribution in [0.15, 0.2) is 30.3 Å². The van der Waals surface area contributed by atoms with Crippen LogP contribution in [-0.2, 0) is 6.54 Å². The molecule has 18 heavy (non-hydrogen) atoms. The van der Waals surface area contributed by atoms with Crippen LogP contribution in [0.1, 0.15) is 37.7 Å². The topological polar surface area (TPSA) is 32.3 Å². The maximum Gasteiger partial charge on any atom is 0.0464 e. The molecule has 2 aliphatic carbocycles. The Balaban J connectivity index is 1.44. The van der Waals surface area contributed by atoms with E-state index in [0.29, 0.717) is 24.0 Å². The number of benzene rings is 1. The fourth-order valence-corrected chi connectivity index (χ4v) is 3.56. The van der Waals surface area contributed by atoms with E-state index in [1.54, 1.807) is 0 Å². The highest BCUT2D eigenvalue weighted by Gasteiger charge is 2.54.